The van der Waals surface area contributed by atoms with Gasteiger partial charge in [-0.2, -0.15) is 5.10 Å². The molecule has 3 N–H and O–H groups in total. The lowest BCUT2D eigenvalue weighted by Crippen LogP contribution is -2.45. The molecule has 2 aliphatic rings. The number of likely N-dealkylation sites (tertiary alicyclic amines) is 2. The van der Waals surface area contributed by atoms with Crippen LogP contribution in [0.4, 0.5) is 10.6 Å². The number of aromatic hydroxyl groups is 1. The third-order valence-corrected chi connectivity index (χ3v) is 7.34. The number of phenolic OH excluding ortho intramolecular Hbond substituents is 1. The molecule has 1 aromatic carbocycles. The lowest BCUT2D eigenvalue weighted by Gasteiger charge is -2.38. The number of nitrogens with two attached hydrogens (primary N) is 1. The largest absolute Gasteiger partial charge is 0.507 e. The van der Waals surface area contributed by atoms with Crippen LogP contribution in [0.5, 0.6) is 5.75 Å². The highest BCUT2D eigenvalue weighted by Gasteiger charge is 2.30. The Balaban J connectivity index is 1.19. The Morgan fingerprint density at radius 2 is 1.78 bits per heavy atom. The van der Waals surface area contributed by atoms with Crippen LogP contribution in [0.25, 0.3) is 22.3 Å². The molecule has 3 aromatic rings. The first kappa shape index (κ1) is 25.3. The molecule has 37 heavy (non-hydrogen) atoms. The predicted molar refractivity (Wildman–Crippen MR) is 142 cm³/mol. The zero-order valence-corrected chi connectivity index (χ0v) is 21.9. The summed E-state index contributed by atoms with van der Waals surface area (Å²) in [5.74, 6) is 1.14. The van der Waals surface area contributed by atoms with Crippen LogP contribution in [0, 0.1) is 5.92 Å². The molecule has 0 radical (unpaired) electrons. The number of hydrogen-bond acceptors (Lipinski definition) is 8. The van der Waals surface area contributed by atoms with E-state index in [2.05, 4.69) is 20.2 Å². The summed E-state index contributed by atoms with van der Waals surface area (Å²) >= 11 is 0. The first-order valence-electron chi connectivity index (χ1n) is 13.2. The quantitative estimate of drug-likeness (QED) is 0.542. The van der Waals surface area contributed by atoms with Gasteiger partial charge in [0, 0.05) is 38.3 Å². The van der Waals surface area contributed by atoms with Crippen molar-refractivity contribution in [2.45, 2.75) is 58.1 Å². The van der Waals surface area contributed by atoms with Gasteiger partial charge in [0.2, 0.25) is 0 Å². The van der Waals surface area contributed by atoms with E-state index in [4.69, 9.17) is 10.5 Å². The maximum Gasteiger partial charge on any atom is 0.410 e. The van der Waals surface area contributed by atoms with E-state index in [9.17, 15) is 9.90 Å². The van der Waals surface area contributed by atoms with Crippen LogP contribution in [-0.2, 0) is 4.74 Å². The summed E-state index contributed by atoms with van der Waals surface area (Å²) in [6.07, 6.45) is 3.76. The third-order valence-electron chi connectivity index (χ3n) is 7.34. The van der Waals surface area contributed by atoms with Crippen LogP contribution < -0.4 is 5.73 Å². The smallest absolute Gasteiger partial charge is 0.410 e. The number of nitrogens with zero attached hydrogens (tertiary/aromatic N) is 6. The van der Waals surface area contributed by atoms with Gasteiger partial charge in [0.15, 0.2) is 11.3 Å². The molecule has 1 amide bonds. The minimum absolute atomic E-state index is 0.167. The summed E-state index contributed by atoms with van der Waals surface area (Å²) in [4.78, 5) is 16.7. The number of piperidine rings is 2. The van der Waals surface area contributed by atoms with E-state index in [1.807, 2.05) is 48.6 Å². The molecule has 10 heteroatoms. The molecule has 0 bridgehead atoms. The fraction of sp³-hybridized carbons (Fsp3) is 0.556. The Hall–Kier alpha value is -3.40. The van der Waals surface area contributed by atoms with Gasteiger partial charge in [0.25, 0.3) is 0 Å². The molecular formula is C27H37N7O3. The second-order valence-corrected chi connectivity index (χ2v) is 11.3. The monoisotopic (exact) mass is 507 g/mol. The van der Waals surface area contributed by atoms with Crippen molar-refractivity contribution in [3.63, 3.8) is 0 Å². The van der Waals surface area contributed by atoms with Crippen LogP contribution in [0.3, 0.4) is 0 Å². The number of hydrogen-bond donors (Lipinski definition) is 2. The summed E-state index contributed by atoms with van der Waals surface area (Å²) < 4.78 is 7.52. The van der Waals surface area contributed by atoms with Gasteiger partial charge in [-0.1, -0.05) is 12.1 Å². The predicted octanol–water partition coefficient (Wildman–Crippen LogP) is 4.07. The number of fused-ring (bicyclic) bond motifs is 1. The average molecular weight is 508 g/mol. The van der Waals surface area contributed by atoms with Crippen molar-refractivity contribution in [1.29, 1.82) is 0 Å². The molecule has 10 nitrogen and oxygen atoms in total. The number of rotatable bonds is 4. The maximum absolute atomic E-state index is 12.3. The van der Waals surface area contributed by atoms with E-state index < -0.39 is 5.60 Å². The van der Waals surface area contributed by atoms with E-state index in [1.165, 1.54) is 0 Å². The lowest BCUT2D eigenvalue weighted by atomic mass is 9.95. The number of amides is 1. The van der Waals surface area contributed by atoms with Gasteiger partial charge in [0.1, 0.15) is 11.4 Å². The average Bonchev–Trinajstić information content (AvgIpc) is 3.20. The molecule has 2 aliphatic heterocycles. The molecule has 2 aromatic heterocycles. The maximum atomic E-state index is 12.3. The molecule has 2 fully saturated rings. The highest BCUT2D eigenvalue weighted by atomic mass is 16.6. The van der Waals surface area contributed by atoms with E-state index >= 15 is 0 Å². The van der Waals surface area contributed by atoms with E-state index in [0.29, 0.717) is 28.5 Å². The normalized spacial score (nSPS) is 18.4. The second kappa shape index (κ2) is 10.2. The van der Waals surface area contributed by atoms with Crippen LogP contribution in [0.2, 0.25) is 0 Å². The Morgan fingerprint density at radius 1 is 1.08 bits per heavy atom. The SMILES string of the molecule is CC(C)(C)OC(=O)N1CCC(CN2CCC(n3nc(N)c4nnc(-c5ccccc5O)cc43)CC2)CC1. The first-order valence-corrected chi connectivity index (χ1v) is 13.2. The van der Waals surface area contributed by atoms with Crippen molar-refractivity contribution >= 4 is 22.9 Å². The van der Waals surface area contributed by atoms with Gasteiger partial charge in [-0.05, 0) is 70.6 Å². The molecule has 0 aliphatic carbocycles. The van der Waals surface area contributed by atoms with Gasteiger partial charge in [-0.25, -0.2) is 4.79 Å². The van der Waals surface area contributed by atoms with Gasteiger partial charge < -0.3 is 25.4 Å². The second-order valence-electron chi connectivity index (χ2n) is 11.3. The van der Waals surface area contributed by atoms with Crippen molar-refractivity contribution in [1.82, 2.24) is 29.8 Å². The molecule has 0 unspecified atom stereocenters. The van der Waals surface area contributed by atoms with Crippen molar-refractivity contribution in [3.8, 4) is 17.0 Å². The van der Waals surface area contributed by atoms with Crippen LogP contribution in [0.15, 0.2) is 30.3 Å². The van der Waals surface area contributed by atoms with E-state index in [1.54, 1.807) is 12.1 Å². The minimum atomic E-state index is -0.458. The Bertz CT molecular complexity index is 1250. The minimum Gasteiger partial charge on any atom is -0.507 e. The zero-order valence-electron chi connectivity index (χ0n) is 21.9. The summed E-state index contributed by atoms with van der Waals surface area (Å²) in [5, 5.41) is 23.5. The number of aromatic nitrogens is 4. The summed E-state index contributed by atoms with van der Waals surface area (Å²) in [6, 6.07) is 9.27. The van der Waals surface area contributed by atoms with Crippen molar-refractivity contribution in [2.75, 3.05) is 38.5 Å². The summed E-state index contributed by atoms with van der Waals surface area (Å²) in [7, 11) is 0. The Labute approximate surface area is 217 Å². The number of benzene rings is 1. The number of nitrogen functional groups attached to an aromatic ring is 1. The topological polar surface area (TPSA) is 123 Å². The fourth-order valence-corrected chi connectivity index (χ4v) is 5.39. The number of anilines is 1. The van der Waals surface area contributed by atoms with E-state index in [0.717, 1.165) is 63.9 Å². The van der Waals surface area contributed by atoms with Crippen LogP contribution >= 0.6 is 0 Å². The molecule has 0 saturated carbocycles. The molecule has 4 heterocycles. The van der Waals surface area contributed by atoms with Crippen LogP contribution in [0.1, 0.15) is 52.5 Å². The fourth-order valence-electron chi connectivity index (χ4n) is 5.39. The standard InChI is InChI=1S/C27H37N7O3/c1-27(2,3)37-26(36)33-14-8-18(9-15-33)17-32-12-10-19(11-13-32)34-22-16-21(20-6-4-5-7-23(20)35)29-30-24(22)25(28)31-34/h4-7,16,18-19,35H,8-15,17H2,1-3H3,(H2,28,31). The van der Waals surface area contributed by atoms with Gasteiger partial charge >= 0.3 is 6.09 Å². The van der Waals surface area contributed by atoms with Crippen molar-refractivity contribution in [3.05, 3.63) is 30.3 Å². The number of carbonyl (C=O) groups excluding carboxylic acids is 1. The zero-order chi connectivity index (χ0) is 26.2. The number of para-hydroxylation sites is 1. The molecule has 2 saturated heterocycles. The summed E-state index contributed by atoms with van der Waals surface area (Å²) in [5.41, 5.74) is 8.41. The first-order chi connectivity index (χ1) is 17.7. The number of ether oxygens (including phenoxy) is 1. The van der Waals surface area contributed by atoms with E-state index in [-0.39, 0.29) is 17.9 Å². The van der Waals surface area contributed by atoms with Crippen LogP contribution in [-0.4, -0.2) is 79.3 Å². The highest BCUT2D eigenvalue weighted by Crippen LogP contribution is 2.33. The van der Waals surface area contributed by atoms with Gasteiger partial charge in [-0.15, -0.1) is 10.2 Å². The molecule has 0 atom stereocenters. The van der Waals surface area contributed by atoms with Crippen molar-refractivity contribution < 1.29 is 14.6 Å². The Kier molecular flexibility index (Phi) is 6.94. The van der Waals surface area contributed by atoms with Gasteiger partial charge in [-0.3, -0.25) is 4.68 Å². The lowest BCUT2D eigenvalue weighted by molar-refractivity contribution is 0.0164. The molecule has 198 valence electrons. The van der Waals surface area contributed by atoms with Crippen molar-refractivity contribution in [2.24, 2.45) is 5.92 Å². The molecular weight excluding hydrogens is 470 g/mol. The third kappa shape index (κ3) is 5.64. The Morgan fingerprint density at radius 3 is 2.46 bits per heavy atom. The molecule has 5 rings (SSSR count). The number of carbonyl (C=O) groups is 1. The highest BCUT2D eigenvalue weighted by molar-refractivity contribution is 5.87. The summed E-state index contributed by atoms with van der Waals surface area (Å²) in [6.45, 7) is 10.3. The van der Waals surface area contributed by atoms with Gasteiger partial charge in [0.05, 0.1) is 17.3 Å². The number of phenols is 1. The molecule has 0 spiro atoms.